The van der Waals surface area contributed by atoms with Crippen molar-refractivity contribution in [3.63, 3.8) is 0 Å². The molecule has 0 radical (unpaired) electrons. The van der Waals surface area contributed by atoms with Gasteiger partial charge in [0.25, 0.3) is 5.91 Å². The Bertz CT molecular complexity index is 725. The van der Waals surface area contributed by atoms with Crippen molar-refractivity contribution in [2.75, 3.05) is 18.3 Å². The van der Waals surface area contributed by atoms with E-state index in [0.29, 0.717) is 13.2 Å². The Morgan fingerprint density at radius 2 is 1.96 bits per heavy atom. The Balaban J connectivity index is 1.66. The van der Waals surface area contributed by atoms with Crippen LogP contribution in [0.4, 0.5) is 5.69 Å². The Morgan fingerprint density at radius 1 is 1.08 bits per heavy atom. The van der Waals surface area contributed by atoms with Gasteiger partial charge in [-0.15, -0.1) is 0 Å². The summed E-state index contributed by atoms with van der Waals surface area (Å²) < 4.78 is 16.6. The van der Waals surface area contributed by atoms with Gasteiger partial charge >= 0.3 is 0 Å². The maximum Gasteiger partial charge on any atom is 0.256 e. The highest BCUT2D eigenvalue weighted by Crippen LogP contribution is 2.36. The molecule has 2 aromatic rings. The Morgan fingerprint density at radius 3 is 2.75 bits per heavy atom. The summed E-state index contributed by atoms with van der Waals surface area (Å²) in [6.45, 7) is 1.29. The quantitative estimate of drug-likeness (QED) is 0.866. The summed E-state index contributed by atoms with van der Waals surface area (Å²) in [6, 6.07) is 15.4. The standard InChI is InChI=1S/C19H19NO4/c21-19(17-10-5-11-22-17)20(15-7-2-1-3-8-15)12-14-6-4-9-16-18(14)24-13-23-16/h1-4,6-9,17H,5,10-13H2/t17-/m0/s1. The molecule has 5 nitrogen and oxygen atoms in total. The fourth-order valence-electron chi connectivity index (χ4n) is 3.14. The lowest BCUT2D eigenvalue weighted by Crippen LogP contribution is -2.38. The first-order valence-electron chi connectivity index (χ1n) is 8.18. The van der Waals surface area contributed by atoms with Gasteiger partial charge in [-0.05, 0) is 31.0 Å². The SMILES string of the molecule is O=C([C@@H]1CCCO1)N(Cc1cccc2c1OCO2)c1ccccc1. The van der Waals surface area contributed by atoms with Gasteiger partial charge in [0.2, 0.25) is 6.79 Å². The van der Waals surface area contributed by atoms with Crippen molar-refractivity contribution in [3.8, 4) is 11.5 Å². The zero-order chi connectivity index (χ0) is 16.4. The largest absolute Gasteiger partial charge is 0.454 e. The summed E-state index contributed by atoms with van der Waals surface area (Å²) in [5.41, 5.74) is 1.79. The van der Waals surface area contributed by atoms with Gasteiger partial charge in [-0.2, -0.15) is 0 Å². The fraction of sp³-hybridized carbons (Fsp3) is 0.316. The highest BCUT2D eigenvalue weighted by molar-refractivity contribution is 5.96. The smallest absolute Gasteiger partial charge is 0.256 e. The summed E-state index contributed by atoms with van der Waals surface area (Å²) in [4.78, 5) is 14.8. The van der Waals surface area contributed by atoms with E-state index >= 15 is 0 Å². The number of anilines is 1. The van der Waals surface area contributed by atoms with Gasteiger partial charge in [-0.3, -0.25) is 4.79 Å². The van der Waals surface area contributed by atoms with Crippen LogP contribution in [0.5, 0.6) is 11.5 Å². The first-order valence-corrected chi connectivity index (χ1v) is 8.18. The van der Waals surface area contributed by atoms with E-state index in [9.17, 15) is 4.79 Å². The molecule has 0 N–H and O–H groups in total. The van der Waals surface area contributed by atoms with Crippen LogP contribution in [0.1, 0.15) is 18.4 Å². The van der Waals surface area contributed by atoms with E-state index in [4.69, 9.17) is 14.2 Å². The summed E-state index contributed by atoms with van der Waals surface area (Å²) in [5, 5.41) is 0. The molecule has 5 heteroatoms. The average Bonchev–Trinajstić information content (AvgIpc) is 3.31. The zero-order valence-corrected chi connectivity index (χ0v) is 13.3. The summed E-state index contributed by atoms with van der Waals surface area (Å²) in [6.07, 6.45) is 1.34. The van der Waals surface area contributed by atoms with Crippen LogP contribution < -0.4 is 14.4 Å². The van der Waals surface area contributed by atoms with Gasteiger partial charge in [0.1, 0.15) is 6.10 Å². The van der Waals surface area contributed by atoms with E-state index in [0.717, 1.165) is 35.6 Å². The monoisotopic (exact) mass is 325 g/mol. The van der Waals surface area contributed by atoms with Crippen LogP contribution in [-0.2, 0) is 16.1 Å². The minimum Gasteiger partial charge on any atom is -0.454 e. The third kappa shape index (κ3) is 2.83. The molecule has 2 aliphatic rings. The number of ether oxygens (including phenoxy) is 3. The first-order chi connectivity index (χ1) is 11.8. The molecule has 124 valence electrons. The molecule has 1 amide bonds. The van der Waals surface area contributed by atoms with Crippen LogP contribution in [0.25, 0.3) is 0 Å². The molecular weight excluding hydrogens is 306 g/mol. The molecule has 24 heavy (non-hydrogen) atoms. The van der Waals surface area contributed by atoms with Gasteiger partial charge in [0.05, 0.1) is 6.54 Å². The van der Waals surface area contributed by atoms with Crippen LogP contribution >= 0.6 is 0 Å². The third-order valence-electron chi connectivity index (χ3n) is 4.35. The number of carbonyl (C=O) groups excluding carboxylic acids is 1. The summed E-state index contributed by atoms with van der Waals surface area (Å²) in [7, 11) is 0. The minimum atomic E-state index is -0.362. The summed E-state index contributed by atoms with van der Waals surface area (Å²) >= 11 is 0. The molecule has 2 aromatic carbocycles. The van der Waals surface area contributed by atoms with Crippen LogP contribution in [0.2, 0.25) is 0 Å². The van der Waals surface area contributed by atoms with Gasteiger partial charge < -0.3 is 19.1 Å². The lowest BCUT2D eigenvalue weighted by atomic mass is 10.1. The highest BCUT2D eigenvalue weighted by atomic mass is 16.7. The number of nitrogens with zero attached hydrogens (tertiary/aromatic N) is 1. The van der Waals surface area contributed by atoms with Crippen molar-refractivity contribution in [1.82, 2.24) is 0 Å². The second-order valence-corrected chi connectivity index (χ2v) is 5.91. The normalized spacial score (nSPS) is 18.6. The highest BCUT2D eigenvalue weighted by Gasteiger charge is 2.30. The molecule has 0 bridgehead atoms. The fourth-order valence-corrected chi connectivity index (χ4v) is 3.14. The predicted molar refractivity (Wildman–Crippen MR) is 89.2 cm³/mol. The molecule has 0 unspecified atom stereocenters. The van der Waals surface area contributed by atoms with Crippen LogP contribution in [0.3, 0.4) is 0 Å². The van der Waals surface area contributed by atoms with E-state index < -0.39 is 0 Å². The maximum absolute atomic E-state index is 13.0. The molecule has 2 heterocycles. The van der Waals surface area contributed by atoms with Crippen molar-refractivity contribution in [2.24, 2.45) is 0 Å². The van der Waals surface area contributed by atoms with Crippen molar-refractivity contribution >= 4 is 11.6 Å². The van der Waals surface area contributed by atoms with Gasteiger partial charge in [-0.25, -0.2) is 0 Å². The van der Waals surface area contributed by atoms with Crippen molar-refractivity contribution in [1.29, 1.82) is 0 Å². The number of para-hydroxylation sites is 2. The lowest BCUT2D eigenvalue weighted by molar-refractivity contribution is -0.127. The zero-order valence-electron chi connectivity index (χ0n) is 13.3. The maximum atomic E-state index is 13.0. The van der Waals surface area contributed by atoms with Crippen molar-refractivity contribution in [3.05, 3.63) is 54.1 Å². The number of rotatable bonds is 4. The van der Waals surface area contributed by atoms with E-state index in [1.807, 2.05) is 48.5 Å². The van der Waals surface area contributed by atoms with Crippen molar-refractivity contribution in [2.45, 2.75) is 25.5 Å². The molecule has 0 aliphatic carbocycles. The molecule has 2 aliphatic heterocycles. The average molecular weight is 325 g/mol. The molecule has 4 rings (SSSR count). The van der Waals surface area contributed by atoms with Gasteiger partial charge in [0.15, 0.2) is 11.5 Å². The van der Waals surface area contributed by atoms with Crippen LogP contribution in [0.15, 0.2) is 48.5 Å². The minimum absolute atomic E-state index is 0.00443. The van der Waals surface area contributed by atoms with Crippen molar-refractivity contribution < 1.29 is 19.0 Å². The number of fused-ring (bicyclic) bond motifs is 1. The van der Waals surface area contributed by atoms with E-state index in [-0.39, 0.29) is 18.8 Å². The van der Waals surface area contributed by atoms with Gasteiger partial charge in [-0.1, -0.05) is 30.3 Å². The number of hydrogen-bond acceptors (Lipinski definition) is 4. The van der Waals surface area contributed by atoms with Gasteiger partial charge in [0, 0.05) is 17.9 Å². The number of hydrogen-bond donors (Lipinski definition) is 0. The second kappa shape index (κ2) is 6.53. The summed E-state index contributed by atoms with van der Waals surface area (Å²) in [5.74, 6) is 1.44. The topological polar surface area (TPSA) is 48.0 Å². The number of amides is 1. The molecule has 1 saturated heterocycles. The van der Waals surface area contributed by atoms with E-state index in [1.54, 1.807) is 4.90 Å². The van der Waals surface area contributed by atoms with E-state index in [1.165, 1.54) is 0 Å². The second-order valence-electron chi connectivity index (χ2n) is 5.91. The first kappa shape index (κ1) is 15.0. The number of benzene rings is 2. The molecule has 0 saturated carbocycles. The molecule has 0 spiro atoms. The molecule has 1 atom stereocenters. The predicted octanol–water partition coefficient (Wildman–Crippen LogP) is 3.13. The Kier molecular flexibility index (Phi) is 4.09. The third-order valence-corrected chi connectivity index (χ3v) is 4.35. The van der Waals surface area contributed by atoms with E-state index in [2.05, 4.69) is 0 Å². The molecule has 1 fully saturated rings. The Hall–Kier alpha value is -2.53. The van der Waals surface area contributed by atoms with Crippen LogP contribution in [-0.4, -0.2) is 25.4 Å². The lowest BCUT2D eigenvalue weighted by Gasteiger charge is -2.26. The molecule has 0 aromatic heterocycles. The molecular formula is C19H19NO4. The Labute approximate surface area is 140 Å². The van der Waals surface area contributed by atoms with Crippen LogP contribution in [0, 0.1) is 0 Å². The number of carbonyl (C=O) groups is 1.